The fourth-order valence-corrected chi connectivity index (χ4v) is 2.35. The Kier molecular flexibility index (Phi) is 6.49. The summed E-state index contributed by atoms with van der Waals surface area (Å²) in [5.41, 5.74) is 2.87. The predicted molar refractivity (Wildman–Crippen MR) is 96.0 cm³/mol. The molecule has 0 fully saturated rings. The number of para-hydroxylation sites is 1. The highest BCUT2D eigenvalue weighted by Crippen LogP contribution is 2.22. The van der Waals surface area contributed by atoms with E-state index in [-0.39, 0.29) is 6.03 Å². The molecular formula is C19H24N2O3. The van der Waals surface area contributed by atoms with Gasteiger partial charge in [0.1, 0.15) is 18.1 Å². The molecule has 0 atom stereocenters. The van der Waals surface area contributed by atoms with E-state index < -0.39 is 0 Å². The van der Waals surface area contributed by atoms with Crippen molar-refractivity contribution in [2.45, 2.75) is 20.8 Å². The van der Waals surface area contributed by atoms with Crippen LogP contribution in [0.25, 0.3) is 0 Å². The first-order valence-corrected chi connectivity index (χ1v) is 8.07. The number of anilines is 1. The Bertz CT molecular complexity index is 666. The topological polar surface area (TPSA) is 59.6 Å². The molecule has 5 nitrogen and oxygen atoms in total. The van der Waals surface area contributed by atoms with Crippen LogP contribution in [0.15, 0.2) is 42.5 Å². The molecule has 0 bridgehead atoms. The molecule has 0 spiro atoms. The van der Waals surface area contributed by atoms with E-state index in [9.17, 15) is 4.79 Å². The maximum absolute atomic E-state index is 11.9. The van der Waals surface area contributed by atoms with Gasteiger partial charge in [-0.3, -0.25) is 0 Å². The second-order valence-electron chi connectivity index (χ2n) is 5.41. The van der Waals surface area contributed by atoms with Gasteiger partial charge in [-0.15, -0.1) is 0 Å². The lowest BCUT2D eigenvalue weighted by molar-refractivity contribution is 0.247. The van der Waals surface area contributed by atoms with Crippen molar-refractivity contribution in [1.29, 1.82) is 0 Å². The van der Waals surface area contributed by atoms with Gasteiger partial charge in [0.15, 0.2) is 0 Å². The lowest BCUT2D eigenvalue weighted by Crippen LogP contribution is -2.32. The molecule has 5 heteroatoms. The molecule has 128 valence electrons. The number of carbonyl (C=O) groups is 1. The predicted octanol–water partition coefficient (Wildman–Crippen LogP) is 3.90. The van der Waals surface area contributed by atoms with E-state index >= 15 is 0 Å². The highest BCUT2D eigenvalue weighted by molar-refractivity contribution is 5.89. The minimum Gasteiger partial charge on any atom is -0.494 e. The largest absolute Gasteiger partial charge is 0.494 e. The van der Waals surface area contributed by atoms with Gasteiger partial charge in [0, 0.05) is 11.8 Å². The van der Waals surface area contributed by atoms with E-state index in [1.54, 1.807) is 6.07 Å². The van der Waals surface area contributed by atoms with Crippen molar-refractivity contribution in [3.8, 4) is 11.5 Å². The lowest BCUT2D eigenvalue weighted by atomic mass is 10.1. The smallest absolute Gasteiger partial charge is 0.319 e. The van der Waals surface area contributed by atoms with E-state index in [4.69, 9.17) is 9.47 Å². The molecule has 0 aliphatic rings. The summed E-state index contributed by atoms with van der Waals surface area (Å²) < 4.78 is 11.2. The molecule has 0 saturated heterocycles. The Morgan fingerprint density at radius 2 is 1.75 bits per heavy atom. The standard InChI is InChI=1S/C19H24N2O3/c1-4-23-17-10-6-9-16(13-17)21-19(22)20-11-12-24-18-14(2)7-5-8-15(18)3/h5-10,13H,4,11-12H2,1-3H3,(H2,20,21,22). The summed E-state index contributed by atoms with van der Waals surface area (Å²) >= 11 is 0. The first kappa shape index (κ1) is 17.7. The Morgan fingerprint density at radius 1 is 1.04 bits per heavy atom. The van der Waals surface area contributed by atoms with Crippen molar-refractivity contribution >= 4 is 11.7 Å². The normalized spacial score (nSPS) is 10.1. The zero-order valence-corrected chi connectivity index (χ0v) is 14.4. The van der Waals surface area contributed by atoms with Gasteiger partial charge in [-0.1, -0.05) is 24.3 Å². The van der Waals surface area contributed by atoms with Crippen LogP contribution in [0.5, 0.6) is 11.5 Å². The number of amides is 2. The average molecular weight is 328 g/mol. The fraction of sp³-hybridized carbons (Fsp3) is 0.316. The van der Waals surface area contributed by atoms with Crippen LogP contribution in [-0.2, 0) is 0 Å². The van der Waals surface area contributed by atoms with Crippen LogP contribution in [0, 0.1) is 13.8 Å². The zero-order chi connectivity index (χ0) is 17.4. The summed E-state index contributed by atoms with van der Waals surface area (Å²) in [5.74, 6) is 1.61. The second kappa shape index (κ2) is 8.82. The van der Waals surface area contributed by atoms with Crippen LogP contribution in [0.2, 0.25) is 0 Å². The van der Waals surface area contributed by atoms with Crippen molar-refractivity contribution in [3.63, 3.8) is 0 Å². The molecule has 24 heavy (non-hydrogen) atoms. The first-order valence-electron chi connectivity index (χ1n) is 8.07. The summed E-state index contributed by atoms with van der Waals surface area (Å²) in [7, 11) is 0. The van der Waals surface area contributed by atoms with Gasteiger partial charge in [0.05, 0.1) is 13.2 Å². The molecule has 2 N–H and O–H groups in total. The quantitative estimate of drug-likeness (QED) is 0.758. The molecule has 0 radical (unpaired) electrons. The third-order valence-electron chi connectivity index (χ3n) is 3.45. The highest BCUT2D eigenvalue weighted by Gasteiger charge is 2.05. The highest BCUT2D eigenvalue weighted by atomic mass is 16.5. The van der Waals surface area contributed by atoms with E-state index in [0.717, 1.165) is 22.6 Å². The third-order valence-corrected chi connectivity index (χ3v) is 3.45. The van der Waals surface area contributed by atoms with E-state index in [2.05, 4.69) is 10.6 Å². The van der Waals surface area contributed by atoms with Gasteiger partial charge in [-0.25, -0.2) is 4.79 Å². The number of aryl methyl sites for hydroxylation is 2. The number of rotatable bonds is 7. The van der Waals surface area contributed by atoms with Crippen LogP contribution >= 0.6 is 0 Å². The van der Waals surface area contributed by atoms with Crippen molar-refractivity contribution in [1.82, 2.24) is 5.32 Å². The maximum Gasteiger partial charge on any atom is 0.319 e. The molecular weight excluding hydrogens is 304 g/mol. The van der Waals surface area contributed by atoms with Gasteiger partial charge in [0.2, 0.25) is 0 Å². The Balaban J connectivity index is 1.76. The maximum atomic E-state index is 11.9. The Labute approximate surface area is 143 Å². The van der Waals surface area contributed by atoms with Crippen LogP contribution in [0.3, 0.4) is 0 Å². The third kappa shape index (κ3) is 5.19. The Hall–Kier alpha value is -2.69. The van der Waals surface area contributed by atoms with Gasteiger partial charge < -0.3 is 20.1 Å². The average Bonchev–Trinajstić information content (AvgIpc) is 2.54. The number of hydrogen-bond donors (Lipinski definition) is 2. The number of nitrogens with one attached hydrogen (secondary N) is 2. The number of ether oxygens (including phenoxy) is 2. The van der Waals surface area contributed by atoms with Crippen molar-refractivity contribution < 1.29 is 14.3 Å². The van der Waals surface area contributed by atoms with Crippen molar-refractivity contribution in [2.75, 3.05) is 25.1 Å². The number of benzene rings is 2. The van der Waals surface area contributed by atoms with Gasteiger partial charge >= 0.3 is 6.03 Å². The molecule has 0 unspecified atom stereocenters. The first-order chi connectivity index (χ1) is 11.6. The van der Waals surface area contributed by atoms with E-state index in [1.807, 2.05) is 57.2 Å². The molecule has 2 aromatic carbocycles. The minimum absolute atomic E-state index is 0.270. The van der Waals surface area contributed by atoms with Gasteiger partial charge in [-0.2, -0.15) is 0 Å². The second-order valence-corrected chi connectivity index (χ2v) is 5.41. The molecule has 0 heterocycles. The fourth-order valence-electron chi connectivity index (χ4n) is 2.35. The molecule has 0 saturated carbocycles. The molecule has 0 aliphatic carbocycles. The lowest BCUT2D eigenvalue weighted by Gasteiger charge is -2.13. The van der Waals surface area contributed by atoms with E-state index in [0.29, 0.717) is 25.4 Å². The summed E-state index contributed by atoms with van der Waals surface area (Å²) in [4.78, 5) is 11.9. The van der Waals surface area contributed by atoms with Gasteiger partial charge in [0.25, 0.3) is 0 Å². The number of urea groups is 1. The number of carbonyl (C=O) groups excluding carboxylic acids is 1. The van der Waals surface area contributed by atoms with Crippen LogP contribution in [0.1, 0.15) is 18.1 Å². The molecule has 0 aliphatic heterocycles. The monoisotopic (exact) mass is 328 g/mol. The Morgan fingerprint density at radius 3 is 2.46 bits per heavy atom. The summed E-state index contributed by atoms with van der Waals surface area (Å²) in [5, 5.41) is 5.55. The summed E-state index contributed by atoms with van der Waals surface area (Å²) in [6, 6.07) is 13.0. The molecule has 2 aromatic rings. The molecule has 2 rings (SSSR count). The summed E-state index contributed by atoms with van der Waals surface area (Å²) in [6.07, 6.45) is 0. The molecule has 2 amide bonds. The van der Waals surface area contributed by atoms with E-state index in [1.165, 1.54) is 0 Å². The van der Waals surface area contributed by atoms with Crippen molar-refractivity contribution in [3.05, 3.63) is 53.6 Å². The van der Waals surface area contributed by atoms with Crippen LogP contribution in [-0.4, -0.2) is 25.8 Å². The zero-order valence-electron chi connectivity index (χ0n) is 14.4. The van der Waals surface area contributed by atoms with Crippen LogP contribution < -0.4 is 20.1 Å². The minimum atomic E-state index is -0.270. The molecule has 0 aromatic heterocycles. The van der Waals surface area contributed by atoms with Gasteiger partial charge in [-0.05, 0) is 44.0 Å². The van der Waals surface area contributed by atoms with Crippen LogP contribution in [0.4, 0.5) is 10.5 Å². The van der Waals surface area contributed by atoms with Crippen molar-refractivity contribution in [2.24, 2.45) is 0 Å². The summed E-state index contributed by atoms with van der Waals surface area (Å²) in [6.45, 7) is 7.36. The SMILES string of the molecule is CCOc1cccc(NC(=O)NCCOc2c(C)cccc2C)c1. The number of hydrogen-bond acceptors (Lipinski definition) is 3.